The van der Waals surface area contributed by atoms with Crippen molar-refractivity contribution >= 4 is 26.8 Å². The molecule has 1 heterocycles. The van der Waals surface area contributed by atoms with E-state index in [0.717, 1.165) is 10.9 Å². The minimum Gasteiger partial charge on any atom is -0.497 e. The second-order valence-corrected chi connectivity index (χ2v) is 5.79. The summed E-state index contributed by atoms with van der Waals surface area (Å²) < 4.78 is 25.1. The van der Waals surface area contributed by atoms with E-state index < -0.39 is 6.67 Å². The van der Waals surface area contributed by atoms with E-state index in [1.54, 1.807) is 19.2 Å². The van der Waals surface area contributed by atoms with Crippen LogP contribution in [0.3, 0.4) is 0 Å². The maximum absolute atomic E-state index is 13.4. The highest BCUT2D eigenvalue weighted by Gasteiger charge is 2.15. The van der Waals surface area contributed by atoms with Crippen molar-refractivity contribution in [3.05, 3.63) is 64.3 Å². The van der Waals surface area contributed by atoms with E-state index in [4.69, 9.17) is 9.47 Å². The zero-order valence-corrected chi connectivity index (χ0v) is 14.1. The van der Waals surface area contributed by atoms with Crippen LogP contribution in [0, 0.1) is 0 Å². The lowest BCUT2D eigenvalue weighted by molar-refractivity contribution is 0.294. The third-order valence-electron chi connectivity index (χ3n) is 3.51. The van der Waals surface area contributed by atoms with E-state index >= 15 is 0 Å². The van der Waals surface area contributed by atoms with Crippen LogP contribution < -0.4 is 9.47 Å². The Balaban J connectivity index is 2.01. The number of aromatic nitrogens is 1. The minimum atomic E-state index is -0.690. The largest absolute Gasteiger partial charge is 0.497 e. The smallest absolute Gasteiger partial charge is 0.158 e. The molecular weight excluding hydrogens is 361 g/mol. The first-order valence-electron chi connectivity index (χ1n) is 7.11. The maximum Gasteiger partial charge on any atom is 0.158 e. The van der Waals surface area contributed by atoms with Crippen LogP contribution >= 0.6 is 15.9 Å². The van der Waals surface area contributed by atoms with Gasteiger partial charge in [-0.3, -0.25) is 0 Å². The van der Waals surface area contributed by atoms with E-state index in [2.05, 4.69) is 20.9 Å². The number of hydrogen-bond donors (Lipinski definition) is 0. The van der Waals surface area contributed by atoms with Crippen LogP contribution in [-0.2, 0) is 13.3 Å². The second-order valence-electron chi connectivity index (χ2n) is 4.99. The Morgan fingerprint density at radius 1 is 1.13 bits per heavy atom. The number of benzene rings is 2. The summed E-state index contributed by atoms with van der Waals surface area (Å²) in [6.45, 7) is -0.339. The van der Waals surface area contributed by atoms with E-state index in [1.807, 2.05) is 36.4 Å². The van der Waals surface area contributed by atoms with Crippen LogP contribution in [0.25, 0.3) is 10.9 Å². The number of pyridine rings is 1. The Bertz CT molecular complexity index is 824. The summed E-state index contributed by atoms with van der Waals surface area (Å²) >= 11 is 3.52. The Labute approximate surface area is 142 Å². The van der Waals surface area contributed by atoms with Gasteiger partial charge >= 0.3 is 0 Å². The lowest BCUT2D eigenvalue weighted by Crippen LogP contribution is -2.01. The lowest BCUT2D eigenvalue weighted by Gasteiger charge is -2.14. The highest BCUT2D eigenvalue weighted by molar-refractivity contribution is 9.10. The van der Waals surface area contributed by atoms with Gasteiger partial charge in [0.2, 0.25) is 0 Å². The zero-order chi connectivity index (χ0) is 16.2. The molecule has 1 aromatic heterocycles. The van der Waals surface area contributed by atoms with Crippen molar-refractivity contribution in [1.82, 2.24) is 4.98 Å². The van der Waals surface area contributed by atoms with Gasteiger partial charge in [0, 0.05) is 5.39 Å². The molecule has 2 aromatic carbocycles. The standard InChI is InChI=1S/C18H15BrFNO2/c1-22-13-7-8-15-14(9-13)17(19)18(16(10-20)21-15)23-11-12-5-3-2-4-6-12/h2-9H,10-11H2,1H3. The van der Waals surface area contributed by atoms with Crippen LogP contribution in [0.5, 0.6) is 11.5 Å². The topological polar surface area (TPSA) is 31.4 Å². The third kappa shape index (κ3) is 3.29. The Morgan fingerprint density at radius 2 is 1.91 bits per heavy atom. The van der Waals surface area contributed by atoms with E-state index in [0.29, 0.717) is 28.1 Å². The van der Waals surface area contributed by atoms with Gasteiger partial charge < -0.3 is 9.47 Å². The van der Waals surface area contributed by atoms with Crippen LogP contribution in [0.2, 0.25) is 0 Å². The molecule has 3 aromatic rings. The summed E-state index contributed by atoms with van der Waals surface area (Å²) in [5, 5.41) is 0.824. The molecule has 0 N–H and O–H groups in total. The predicted octanol–water partition coefficient (Wildman–Crippen LogP) is 5.05. The van der Waals surface area contributed by atoms with Gasteiger partial charge in [0.25, 0.3) is 0 Å². The summed E-state index contributed by atoms with van der Waals surface area (Å²) in [7, 11) is 1.60. The number of ether oxygens (including phenoxy) is 2. The highest BCUT2D eigenvalue weighted by atomic mass is 79.9. The van der Waals surface area contributed by atoms with Crippen molar-refractivity contribution in [3.8, 4) is 11.5 Å². The van der Waals surface area contributed by atoms with Crippen LogP contribution in [0.1, 0.15) is 11.3 Å². The minimum absolute atomic E-state index is 0.283. The molecule has 0 unspecified atom stereocenters. The van der Waals surface area contributed by atoms with Crippen LogP contribution in [-0.4, -0.2) is 12.1 Å². The number of fused-ring (bicyclic) bond motifs is 1. The van der Waals surface area contributed by atoms with Gasteiger partial charge in [0.1, 0.15) is 24.7 Å². The molecule has 5 heteroatoms. The van der Waals surface area contributed by atoms with Gasteiger partial charge in [-0.15, -0.1) is 0 Å². The summed E-state index contributed by atoms with van der Waals surface area (Å²) in [4.78, 5) is 4.36. The summed E-state index contributed by atoms with van der Waals surface area (Å²) in [6, 6.07) is 15.2. The summed E-state index contributed by atoms with van der Waals surface area (Å²) in [5.41, 5.74) is 1.98. The van der Waals surface area contributed by atoms with E-state index in [9.17, 15) is 4.39 Å². The maximum atomic E-state index is 13.4. The van der Waals surface area contributed by atoms with Crippen molar-refractivity contribution in [3.63, 3.8) is 0 Å². The van der Waals surface area contributed by atoms with Gasteiger partial charge in [-0.25, -0.2) is 9.37 Å². The van der Waals surface area contributed by atoms with Gasteiger partial charge in [0.15, 0.2) is 5.75 Å². The van der Waals surface area contributed by atoms with Gasteiger partial charge in [-0.2, -0.15) is 0 Å². The van der Waals surface area contributed by atoms with Crippen molar-refractivity contribution in [1.29, 1.82) is 0 Å². The van der Waals surface area contributed by atoms with E-state index in [-0.39, 0.29) is 5.69 Å². The molecule has 0 saturated heterocycles. The molecule has 0 radical (unpaired) electrons. The number of rotatable bonds is 5. The lowest BCUT2D eigenvalue weighted by atomic mass is 10.1. The normalized spacial score (nSPS) is 10.7. The first-order valence-corrected chi connectivity index (χ1v) is 7.91. The fourth-order valence-electron chi connectivity index (χ4n) is 2.33. The molecule has 0 aliphatic heterocycles. The quantitative estimate of drug-likeness (QED) is 0.624. The number of hydrogen-bond acceptors (Lipinski definition) is 3. The molecule has 23 heavy (non-hydrogen) atoms. The Morgan fingerprint density at radius 3 is 2.61 bits per heavy atom. The highest BCUT2D eigenvalue weighted by Crippen LogP contribution is 2.37. The molecule has 118 valence electrons. The van der Waals surface area contributed by atoms with Crippen molar-refractivity contribution in [2.45, 2.75) is 13.3 Å². The molecule has 0 amide bonds. The summed E-state index contributed by atoms with van der Waals surface area (Å²) in [6.07, 6.45) is 0. The second kappa shape index (κ2) is 6.96. The first-order chi connectivity index (χ1) is 11.2. The predicted molar refractivity (Wildman–Crippen MR) is 91.6 cm³/mol. The molecule has 3 rings (SSSR count). The average molecular weight is 376 g/mol. The van der Waals surface area contributed by atoms with Crippen molar-refractivity contribution in [2.75, 3.05) is 7.11 Å². The monoisotopic (exact) mass is 375 g/mol. The van der Waals surface area contributed by atoms with Crippen molar-refractivity contribution in [2.24, 2.45) is 0 Å². The van der Waals surface area contributed by atoms with Gasteiger partial charge in [-0.1, -0.05) is 30.3 Å². The molecule has 3 nitrogen and oxygen atoms in total. The molecule has 0 aliphatic carbocycles. The fourth-order valence-corrected chi connectivity index (χ4v) is 2.99. The molecule has 0 saturated carbocycles. The number of methoxy groups -OCH3 is 1. The number of alkyl halides is 1. The molecule has 0 atom stereocenters. The molecule has 0 aliphatic rings. The SMILES string of the molecule is COc1ccc2nc(CF)c(OCc3ccccc3)c(Br)c2c1. The first kappa shape index (κ1) is 15.7. The molecule has 0 fully saturated rings. The number of nitrogens with zero attached hydrogens (tertiary/aromatic N) is 1. The Kier molecular flexibility index (Phi) is 4.76. The summed E-state index contributed by atoms with van der Waals surface area (Å²) in [5.74, 6) is 1.14. The Hall–Kier alpha value is -2.14. The molecular formula is C18H15BrFNO2. The van der Waals surface area contributed by atoms with Crippen LogP contribution in [0.15, 0.2) is 53.0 Å². The van der Waals surface area contributed by atoms with Crippen LogP contribution in [0.4, 0.5) is 4.39 Å². The average Bonchev–Trinajstić information content (AvgIpc) is 2.61. The van der Waals surface area contributed by atoms with Crippen molar-refractivity contribution < 1.29 is 13.9 Å². The van der Waals surface area contributed by atoms with E-state index in [1.165, 1.54) is 0 Å². The molecule has 0 spiro atoms. The molecule has 0 bridgehead atoms. The van der Waals surface area contributed by atoms with Gasteiger partial charge in [0.05, 0.1) is 17.1 Å². The van der Waals surface area contributed by atoms with Gasteiger partial charge in [-0.05, 0) is 39.7 Å². The zero-order valence-electron chi connectivity index (χ0n) is 12.6. The number of halogens is 2. The third-order valence-corrected chi connectivity index (χ3v) is 4.30. The fraction of sp³-hybridized carbons (Fsp3) is 0.167.